The number of aromatic nitrogens is 2. The average molecular weight is 398 g/mol. The zero-order valence-corrected chi connectivity index (χ0v) is 15.6. The van der Waals surface area contributed by atoms with Gasteiger partial charge in [-0.1, -0.05) is 53.0 Å². The number of hydrogen-bond acceptors (Lipinski definition) is 1. The molecule has 0 unspecified atom stereocenters. The van der Waals surface area contributed by atoms with E-state index in [1.165, 1.54) is 0 Å². The number of halogens is 3. The first-order valence-electron chi connectivity index (χ1n) is 8.06. The molecule has 0 aliphatic rings. The molecule has 2 heterocycles. The molecule has 5 aromatic rings. The van der Waals surface area contributed by atoms with Crippen molar-refractivity contribution in [2.75, 3.05) is 0 Å². The molecule has 0 bridgehead atoms. The predicted octanol–water partition coefficient (Wildman–Crippen LogP) is 7.27. The van der Waals surface area contributed by atoms with E-state index in [-0.39, 0.29) is 0 Å². The molecule has 26 heavy (non-hydrogen) atoms. The van der Waals surface area contributed by atoms with Gasteiger partial charge >= 0.3 is 0 Å². The summed E-state index contributed by atoms with van der Waals surface area (Å²) in [5.41, 5.74) is 5.04. The Morgan fingerprint density at radius 3 is 2.19 bits per heavy atom. The van der Waals surface area contributed by atoms with Crippen LogP contribution < -0.4 is 0 Å². The monoisotopic (exact) mass is 396 g/mol. The van der Waals surface area contributed by atoms with Gasteiger partial charge in [-0.2, -0.15) is 0 Å². The van der Waals surface area contributed by atoms with Crippen molar-refractivity contribution in [2.24, 2.45) is 0 Å². The van der Waals surface area contributed by atoms with E-state index in [0.29, 0.717) is 15.1 Å². The van der Waals surface area contributed by atoms with Gasteiger partial charge in [-0.25, -0.2) is 4.98 Å². The van der Waals surface area contributed by atoms with Crippen LogP contribution in [-0.4, -0.2) is 9.38 Å². The highest BCUT2D eigenvalue weighted by atomic mass is 35.5. The molecule has 5 heteroatoms. The Labute approximate surface area is 164 Å². The second-order valence-corrected chi connectivity index (χ2v) is 7.47. The molecule has 126 valence electrons. The summed E-state index contributed by atoms with van der Waals surface area (Å²) in [6.45, 7) is 0. The fraction of sp³-hybridized carbons (Fsp3) is 0. The van der Waals surface area contributed by atoms with Crippen molar-refractivity contribution in [3.8, 4) is 11.1 Å². The second-order valence-electron chi connectivity index (χ2n) is 6.16. The Kier molecular flexibility index (Phi) is 3.61. The second kappa shape index (κ2) is 5.88. The van der Waals surface area contributed by atoms with E-state index in [4.69, 9.17) is 39.8 Å². The van der Waals surface area contributed by atoms with Crippen LogP contribution in [-0.2, 0) is 0 Å². The van der Waals surface area contributed by atoms with Crippen LogP contribution in [0, 0.1) is 0 Å². The Morgan fingerprint density at radius 2 is 1.38 bits per heavy atom. The van der Waals surface area contributed by atoms with E-state index in [1.54, 1.807) is 0 Å². The lowest BCUT2D eigenvalue weighted by Crippen LogP contribution is -1.91. The number of fused-ring (bicyclic) bond motifs is 5. The van der Waals surface area contributed by atoms with Gasteiger partial charge in [-0.05, 0) is 48.0 Å². The first kappa shape index (κ1) is 16.0. The molecule has 0 aliphatic heterocycles. The molecule has 0 atom stereocenters. The van der Waals surface area contributed by atoms with E-state index < -0.39 is 0 Å². The van der Waals surface area contributed by atoms with Crippen LogP contribution in [0.4, 0.5) is 0 Å². The van der Waals surface area contributed by atoms with Crippen LogP contribution in [0.25, 0.3) is 38.6 Å². The van der Waals surface area contributed by atoms with Crippen LogP contribution >= 0.6 is 34.8 Å². The van der Waals surface area contributed by atoms with Crippen molar-refractivity contribution in [1.82, 2.24) is 9.38 Å². The molecule has 2 aromatic heterocycles. The molecule has 0 amide bonds. The first-order valence-corrected chi connectivity index (χ1v) is 9.19. The normalized spacial score (nSPS) is 11.7. The topological polar surface area (TPSA) is 17.3 Å². The SMILES string of the molecule is Clc1ccc(-c2c3ccc(Cl)cc3n3c2ncc2cc(Cl)ccc23)cc1. The van der Waals surface area contributed by atoms with Crippen molar-refractivity contribution < 1.29 is 0 Å². The predicted molar refractivity (Wildman–Crippen MR) is 111 cm³/mol. The quantitative estimate of drug-likeness (QED) is 0.291. The molecule has 2 nitrogen and oxygen atoms in total. The molecular weight excluding hydrogens is 387 g/mol. The molecular formula is C21H11Cl3N2. The van der Waals surface area contributed by atoms with Crippen LogP contribution in [0.1, 0.15) is 0 Å². The Morgan fingerprint density at radius 1 is 0.692 bits per heavy atom. The van der Waals surface area contributed by atoms with E-state index in [0.717, 1.165) is 38.6 Å². The highest BCUT2D eigenvalue weighted by Gasteiger charge is 2.17. The van der Waals surface area contributed by atoms with Crippen LogP contribution in [0.2, 0.25) is 15.1 Å². The third-order valence-electron chi connectivity index (χ3n) is 4.59. The number of hydrogen-bond donors (Lipinski definition) is 0. The van der Waals surface area contributed by atoms with Gasteiger partial charge in [0.25, 0.3) is 0 Å². The minimum Gasteiger partial charge on any atom is -0.293 e. The van der Waals surface area contributed by atoms with Crippen molar-refractivity contribution >= 4 is 62.3 Å². The summed E-state index contributed by atoms with van der Waals surface area (Å²) in [6, 6.07) is 19.5. The Balaban J connectivity index is 2.01. The van der Waals surface area contributed by atoms with Crippen molar-refractivity contribution in [1.29, 1.82) is 0 Å². The van der Waals surface area contributed by atoms with Gasteiger partial charge < -0.3 is 0 Å². The standard InChI is InChI=1S/C21H11Cl3N2/c22-14-3-1-12(2-4-14)20-17-7-5-16(24)10-19(17)26-18-8-6-15(23)9-13(18)11-25-21(20)26/h1-11H. The zero-order valence-electron chi connectivity index (χ0n) is 13.4. The number of nitrogens with zero attached hydrogens (tertiary/aromatic N) is 2. The fourth-order valence-electron chi connectivity index (χ4n) is 3.48. The van der Waals surface area contributed by atoms with E-state index in [9.17, 15) is 0 Å². The molecule has 0 saturated heterocycles. The number of benzene rings is 3. The van der Waals surface area contributed by atoms with Crippen LogP contribution in [0.15, 0.2) is 66.9 Å². The maximum absolute atomic E-state index is 6.30. The maximum Gasteiger partial charge on any atom is 0.146 e. The Hall–Kier alpha value is -2.26. The molecule has 0 N–H and O–H groups in total. The molecule has 0 aliphatic carbocycles. The average Bonchev–Trinajstić information content (AvgIpc) is 2.96. The molecule has 0 radical (unpaired) electrons. The molecule has 0 saturated carbocycles. The van der Waals surface area contributed by atoms with Gasteiger partial charge in [0.2, 0.25) is 0 Å². The van der Waals surface area contributed by atoms with E-state index in [1.807, 2.05) is 66.9 Å². The number of rotatable bonds is 1. The lowest BCUT2D eigenvalue weighted by atomic mass is 10.0. The van der Waals surface area contributed by atoms with Gasteiger partial charge in [0.15, 0.2) is 0 Å². The van der Waals surface area contributed by atoms with E-state index in [2.05, 4.69) is 4.40 Å². The summed E-state index contributed by atoms with van der Waals surface area (Å²) in [5.74, 6) is 0. The third kappa shape index (κ3) is 2.38. The molecule has 0 spiro atoms. The van der Waals surface area contributed by atoms with Crippen molar-refractivity contribution in [3.63, 3.8) is 0 Å². The third-order valence-corrected chi connectivity index (χ3v) is 5.32. The van der Waals surface area contributed by atoms with Gasteiger partial charge in [0.05, 0.1) is 11.0 Å². The molecule has 5 rings (SSSR count). The molecule has 0 fully saturated rings. The van der Waals surface area contributed by atoms with Gasteiger partial charge in [-0.15, -0.1) is 0 Å². The van der Waals surface area contributed by atoms with Gasteiger partial charge in [-0.3, -0.25) is 4.40 Å². The Bertz CT molecular complexity index is 1300. The van der Waals surface area contributed by atoms with Crippen LogP contribution in [0.5, 0.6) is 0 Å². The van der Waals surface area contributed by atoms with Gasteiger partial charge in [0.1, 0.15) is 5.65 Å². The van der Waals surface area contributed by atoms with Crippen LogP contribution in [0.3, 0.4) is 0 Å². The maximum atomic E-state index is 6.30. The highest BCUT2D eigenvalue weighted by Crippen LogP contribution is 2.38. The lowest BCUT2D eigenvalue weighted by Gasteiger charge is -2.05. The smallest absolute Gasteiger partial charge is 0.146 e. The summed E-state index contributed by atoms with van der Waals surface area (Å²) < 4.78 is 2.14. The van der Waals surface area contributed by atoms with Crippen molar-refractivity contribution in [2.45, 2.75) is 0 Å². The summed E-state index contributed by atoms with van der Waals surface area (Å²) in [7, 11) is 0. The fourth-order valence-corrected chi connectivity index (χ4v) is 3.95. The summed E-state index contributed by atoms with van der Waals surface area (Å²) in [5, 5.41) is 4.14. The van der Waals surface area contributed by atoms with Gasteiger partial charge in [0, 0.05) is 37.6 Å². The van der Waals surface area contributed by atoms with Crippen molar-refractivity contribution in [3.05, 3.63) is 81.9 Å². The largest absolute Gasteiger partial charge is 0.293 e. The lowest BCUT2D eigenvalue weighted by molar-refractivity contribution is 1.24. The zero-order chi connectivity index (χ0) is 17.8. The first-order chi connectivity index (χ1) is 12.6. The minimum absolute atomic E-state index is 0.686. The van der Waals surface area contributed by atoms with E-state index >= 15 is 0 Å². The highest BCUT2D eigenvalue weighted by molar-refractivity contribution is 6.32. The summed E-state index contributed by atoms with van der Waals surface area (Å²) in [4.78, 5) is 4.74. The summed E-state index contributed by atoms with van der Waals surface area (Å²) >= 11 is 18.5. The molecule has 3 aromatic carbocycles. The summed E-state index contributed by atoms with van der Waals surface area (Å²) in [6.07, 6.45) is 1.86. The minimum atomic E-state index is 0.686.